The molecule has 1 saturated heterocycles. The van der Waals surface area contributed by atoms with E-state index in [0.717, 1.165) is 30.8 Å². The lowest BCUT2D eigenvalue weighted by Gasteiger charge is -2.15. The summed E-state index contributed by atoms with van der Waals surface area (Å²) in [5.74, 6) is 0.149. The van der Waals surface area contributed by atoms with Gasteiger partial charge in [-0.05, 0) is 12.5 Å². The third kappa shape index (κ3) is 4.19. The lowest BCUT2D eigenvalue weighted by atomic mass is 10.2. The van der Waals surface area contributed by atoms with Gasteiger partial charge in [-0.2, -0.15) is 17.7 Å². The van der Waals surface area contributed by atoms with Crippen LogP contribution in [0.5, 0.6) is 5.88 Å². The van der Waals surface area contributed by atoms with Crippen molar-refractivity contribution in [1.29, 1.82) is 0 Å². The Balaban J connectivity index is 1.45. The van der Waals surface area contributed by atoms with E-state index in [4.69, 9.17) is 4.74 Å². The smallest absolute Gasteiger partial charge is 0.417 e. The van der Waals surface area contributed by atoms with Gasteiger partial charge in [-0.25, -0.2) is 9.97 Å². The molecule has 7 nitrogen and oxygen atoms in total. The van der Waals surface area contributed by atoms with Crippen LogP contribution in [0.4, 0.5) is 18.3 Å². The minimum atomic E-state index is -4.42. The average molecular weight is 425 g/mol. The highest BCUT2D eigenvalue weighted by molar-refractivity contribution is 7.20. The molecule has 4 rings (SSSR count). The topological polar surface area (TPSA) is 72.6 Å². The highest BCUT2D eigenvalue weighted by Gasteiger charge is 2.31. The van der Waals surface area contributed by atoms with Gasteiger partial charge in [0, 0.05) is 37.0 Å². The van der Waals surface area contributed by atoms with Crippen LogP contribution in [0.3, 0.4) is 0 Å². The fraction of sp³-hybridized carbons (Fsp3) is 0.444. The lowest BCUT2D eigenvalue weighted by molar-refractivity contribution is -0.137. The molecule has 0 aromatic carbocycles. The Kier molecular flexibility index (Phi) is 5.15. The molecule has 3 aromatic heterocycles. The summed E-state index contributed by atoms with van der Waals surface area (Å²) in [6, 6.07) is 3.68. The van der Waals surface area contributed by atoms with Gasteiger partial charge in [-0.15, -0.1) is 5.10 Å². The van der Waals surface area contributed by atoms with Crippen molar-refractivity contribution < 1.29 is 17.9 Å². The quantitative estimate of drug-likeness (QED) is 0.625. The summed E-state index contributed by atoms with van der Waals surface area (Å²) < 4.78 is 44.9. The number of aromatic nitrogens is 4. The maximum Gasteiger partial charge on any atom is 0.417 e. The van der Waals surface area contributed by atoms with E-state index >= 15 is 0 Å². The van der Waals surface area contributed by atoms with Gasteiger partial charge in [0.2, 0.25) is 16.0 Å². The van der Waals surface area contributed by atoms with Crippen LogP contribution in [0.15, 0.2) is 29.2 Å². The number of rotatable bonds is 5. The zero-order chi connectivity index (χ0) is 20.6. The number of ether oxygens (including phenoxy) is 1. The van der Waals surface area contributed by atoms with Crippen LogP contribution in [0.2, 0.25) is 0 Å². The largest absolute Gasteiger partial charge is 0.472 e. The molecule has 0 aliphatic carbocycles. The summed E-state index contributed by atoms with van der Waals surface area (Å²) in [6.07, 6.45) is -1.59. The van der Waals surface area contributed by atoms with E-state index in [1.165, 1.54) is 28.0 Å². The second-order valence-electron chi connectivity index (χ2n) is 6.77. The molecule has 3 aromatic rings. The third-order valence-corrected chi connectivity index (χ3v) is 5.53. The van der Waals surface area contributed by atoms with E-state index in [-0.39, 0.29) is 17.5 Å². The van der Waals surface area contributed by atoms with Crippen molar-refractivity contribution >= 4 is 21.4 Å². The predicted octanol–water partition coefficient (Wildman–Crippen LogP) is 3.18. The van der Waals surface area contributed by atoms with E-state index < -0.39 is 11.7 Å². The van der Waals surface area contributed by atoms with Crippen molar-refractivity contribution in [2.24, 2.45) is 0 Å². The molecule has 11 heteroatoms. The number of fused-ring (bicyclic) bond motifs is 1. The normalized spacial score (nSPS) is 17.2. The van der Waals surface area contributed by atoms with E-state index in [9.17, 15) is 18.0 Å². The molecular formula is C18H18F3N5O2S. The first-order valence-corrected chi connectivity index (χ1v) is 10.00. The Morgan fingerprint density at radius 2 is 2.17 bits per heavy atom. The van der Waals surface area contributed by atoms with Gasteiger partial charge >= 0.3 is 6.18 Å². The van der Waals surface area contributed by atoms with Crippen molar-refractivity contribution in [2.75, 3.05) is 18.0 Å². The molecule has 0 radical (unpaired) electrons. The van der Waals surface area contributed by atoms with Crippen molar-refractivity contribution in [2.45, 2.75) is 38.5 Å². The molecule has 1 fully saturated rings. The first kappa shape index (κ1) is 19.6. The van der Waals surface area contributed by atoms with Crippen molar-refractivity contribution in [3.63, 3.8) is 0 Å². The maximum atomic E-state index is 12.6. The second-order valence-corrected chi connectivity index (χ2v) is 7.71. The molecule has 4 heterocycles. The number of pyridine rings is 1. The highest BCUT2D eigenvalue weighted by Crippen LogP contribution is 2.30. The predicted molar refractivity (Wildman–Crippen MR) is 102 cm³/mol. The van der Waals surface area contributed by atoms with Gasteiger partial charge in [0.05, 0.1) is 12.1 Å². The SMILES string of the molecule is CCCc1cc(=O)n2nc(N3CCC(Oc4ccc(C(F)(F)F)cn4)C3)sc2n1. The standard InChI is InChI=1S/C18H18F3N5O2S/c1-2-3-12-8-15(27)26-16(23-12)29-17(24-26)25-7-6-13(10-25)28-14-5-4-11(9-22-14)18(19,20)21/h4-5,8-9,13H,2-3,6-7,10H2,1H3. The summed E-state index contributed by atoms with van der Waals surface area (Å²) in [7, 11) is 0. The fourth-order valence-corrected chi connectivity index (χ4v) is 4.11. The summed E-state index contributed by atoms with van der Waals surface area (Å²) in [5.41, 5.74) is -0.265. The van der Waals surface area contributed by atoms with Crippen LogP contribution in [0.25, 0.3) is 4.96 Å². The monoisotopic (exact) mass is 425 g/mol. The number of hydrogen-bond donors (Lipinski definition) is 0. The zero-order valence-corrected chi connectivity index (χ0v) is 16.3. The Morgan fingerprint density at radius 1 is 1.34 bits per heavy atom. The summed E-state index contributed by atoms with van der Waals surface area (Å²) in [5, 5.41) is 5.03. The maximum absolute atomic E-state index is 12.6. The van der Waals surface area contributed by atoms with Crippen molar-refractivity contribution in [3.05, 3.63) is 46.0 Å². The Bertz CT molecular complexity index is 1060. The molecule has 29 heavy (non-hydrogen) atoms. The van der Waals surface area contributed by atoms with Gasteiger partial charge in [0.1, 0.15) is 6.10 Å². The van der Waals surface area contributed by atoms with Crippen LogP contribution in [-0.4, -0.2) is 38.8 Å². The lowest BCUT2D eigenvalue weighted by Crippen LogP contribution is -2.25. The van der Waals surface area contributed by atoms with E-state index in [2.05, 4.69) is 15.1 Å². The minimum Gasteiger partial charge on any atom is -0.472 e. The number of halogens is 3. The molecule has 0 N–H and O–H groups in total. The number of anilines is 1. The Hall–Kier alpha value is -2.69. The fourth-order valence-electron chi connectivity index (χ4n) is 3.14. The Labute approximate surface area is 167 Å². The summed E-state index contributed by atoms with van der Waals surface area (Å²) in [6.45, 7) is 3.18. The average Bonchev–Trinajstić information content (AvgIpc) is 3.29. The van der Waals surface area contributed by atoms with Gasteiger partial charge in [-0.3, -0.25) is 4.79 Å². The number of alkyl halides is 3. The molecule has 1 aliphatic heterocycles. The van der Waals surface area contributed by atoms with Gasteiger partial charge in [0.15, 0.2) is 0 Å². The van der Waals surface area contributed by atoms with Crippen LogP contribution in [0, 0.1) is 0 Å². The molecule has 0 amide bonds. The van der Waals surface area contributed by atoms with Crippen molar-refractivity contribution in [3.8, 4) is 5.88 Å². The van der Waals surface area contributed by atoms with Crippen LogP contribution < -0.4 is 15.2 Å². The van der Waals surface area contributed by atoms with Gasteiger partial charge < -0.3 is 9.64 Å². The van der Waals surface area contributed by atoms with E-state index in [0.29, 0.717) is 29.6 Å². The minimum absolute atomic E-state index is 0.149. The first-order valence-electron chi connectivity index (χ1n) is 9.18. The van der Waals surface area contributed by atoms with Crippen molar-refractivity contribution in [1.82, 2.24) is 19.6 Å². The zero-order valence-electron chi connectivity index (χ0n) is 15.5. The molecule has 0 bridgehead atoms. The number of hydrogen-bond acceptors (Lipinski definition) is 7. The molecule has 0 spiro atoms. The van der Waals surface area contributed by atoms with Crippen LogP contribution in [-0.2, 0) is 12.6 Å². The summed E-state index contributed by atoms with van der Waals surface area (Å²) in [4.78, 5) is 23.0. The van der Waals surface area contributed by atoms with E-state index in [1.54, 1.807) is 0 Å². The molecule has 1 atom stereocenters. The first-order chi connectivity index (χ1) is 13.8. The molecule has 154 valence electrons. The molecular weight excluding hydrogens is 407 g/mol. The molecule has 1 aliphatic rings. The Morgan fingerprint density at radius 3 is 2.86 bits per heavy atom. The summed E-state index contributed by atoms with van der Waals surface area (Å²) >= 11 is 1.33. The molecule has 1 unspecified atom stereocenters. The van der Waals surface area contributed by atoms with Gasteiger partial charge in [-0.1, -0.05) is 24.7 Å². The third-order valence-electron chi connectivity index (χ3n) is 4.56. The van der Waals surface area contributed by atoms with Crippen LogP contribution >= 0.6 is 11.3 Å². The van der Waals surface area contributed by atoms with E-state index in [1.807, 2.05) is 11.8 Å². The van der Waals surface area contributed by atoms with Crippen LogP contribution in [0.1, 0.15) is 31.0 Å². The number of aryl methyl sites for hydroxylation is 1. The number of nitrogens with zero attached hydrogens (tertiary/aromatic N) is 5. The molecule has 0 saturated carbocycles. The highest BCUT2D eigenvalue weighted by atomic mass is 32.1. The van der Waals surface area contributed by atoms with Gasteiger partial charge in [0.25, 0.3) is 5.56 Å². The second kappa shape index (κ2) is 7.62.